The van der Waals surface area contributed by atoms with Crippen LogP contribution in [-0.4, -0.2) is 6.54 Å². The minimum absolute atomic E-state index is 0.366. The summed E-state index contributed by atoms with van der Waals surface area (Å²) in [6, 6.07) is 6.10. The number of nitrogens with one attached hydrogen (secondary N) is 1. The van der Waals surface area contributed by atoms with Gasteiger partial charge in [0.15, 0.2) is 0 Å². The van der Waals surface area contributed by atoms with Gasteiger partial charge in [0.25, 0.3) is 0 Å². The van der Waals surface area contributed by atoms with Gasteiger partial charge in [0.05, 0.1) is 0 Å². The molecule has 1 aliphatic rings. The van der Waals surface area contributed by atoms with E-state index in [2.05, 4.69) is 12.2 Å². The van der Waals surface area contributed by atoms with Gasteiger partial charge in [-0.15, -0.1) is 0 Å². The molecule has 1 aromatic rings. The molecule has 1 saturated carbocycles. The van der Waals surface area contributed by atoms with Gasteiger partial charge < -0.3 is 5.32 Å². The Bertz CT molecular complexity index is 361. The van der Waals surface area contributed by atoms with Crippen molar-refractivity contribution in [3.8, 4) is 0 Å². The third kappa shape index (κ3) is 2.53. The first-order valence-electron chi connectivity index (χ1n) is 5.90. The van der Waals surface area contributed by atoms with E-state index < -0.39 is 0 Å². The lowest BCUT2D eigenvalue weighted by atomic mass is 9.77. The number of hydrogen-bond acceptors (Lipinski definition) is 1. The number of rotatable bonds is 4. The van der Waals surface area contributed by atoms with Crippen molar-refractivity contribution in [1.82, 2.24) is 5.32 Å². The van der Waals surface area contributed by atoms with Crippen LogP contribution >= 0.6 is 23.2 Å². The monoisotopic (exact) mass is 257 g/mol. The molecule has 1 aromatic carbocycles. The van der Waals surface area contributed by atoms with Gasteiger partial charge in [-0.3, -0.25) is 0 Å². The Labute approximate surface area is 107 Å². The van der Waals surface area contributed by atoms with E-state index in [0.29, 0.717) is 6.04 Å². The number of halogens is 2. The van der Waals surface area contributed by atoms with Crippen LogP contribution in [0.25, 0.3) is 0 Å². The molecule has 88 valence electrons. The average Bonchev–Trinajstić information content (AvgIpc) is 2.18. The molecular formula is C13H17Cl2N. The largest absolute Gasteiger partial charge is 0.310 e. The van der Waals surface area contributed by atoms with Gasteiger partial charge in [-0.05, 0) is 49.1 Å². The Kier molecular flexibility index (Phi) is 4.12. The second-order valence-electron chi connectivity index (χ2n) is 4.39. The third-order valence-corrected chi connectivity index (χ3v) is 3.92. The standard InChI is InChI=1S/C13H17Cl2N/c1-2-16-13(9-4-3-5-9)11-8-10(14)6-7-12(11)15/h6-9,13,16H,2-5H2,1H3. The molecule has 3 heteroatoms. The molecule has 16 heavy (non-hydrogen) atoms. The van der Waals surface area contributed by atoms with Crippen LogP contribution in [0.2, 0.25) is 10.0 Å². The van der Waals surface area contributed by atoms with Crippen molar-refractivity contribution in [2.45, 2.75) is 32.2 Å². The molecule has 1 fully saturated rings. The van der Waals surface area contributed by atoms with Crippen molar-refractivity contribution in [2.75, 3.05) is 6.54 Å². The summed E-state index contributed by atoms with van der Waals surface area (Å²) < 4.78 is 0. The molecule has 1 aliphatic carbocycles. The topological polar surface area (TPSA) is 12.0 Å². The Morgan fingerprint density at radius 3 is 2.69 bits per heavy atom. The van der Waals surface area contributed by atoms with E-state index in [0.717, 1.165) is 28.1 Å². The molecule has 0 radical (unpaired) electrons. The molecule has 0 aliphatic heterocycles. The van der Waals surface area contributed by atoms with Crippen LogP contribution in [0.4, 0.5) is 0 Å². The van der Waals surface area contributed by atoms with E-state index in [4.69, 9.17) is 23.2 Å². The summed E-state index contributed by atoms with van der Waals surface area (Å²) in [6.07, 6.45) is 3.92. The average molecular weight is 258 g/mol. The predicted octanol–water partition coefficient (Wildman–Crippen LogP) is 4.44. The van der Waals surface area contributed by atoms with E-state index in [1.54, 1.807) is 0 Å². The first-order chi connectivity index (χ1) is 7.72. The van der Waals surface area contributed by atoms with Crippen molar-refractivity contribution in [2.24, 2.45) is 5.92 Å². The van der Waals surface area contributed by atoms with Crippen molar-refractivity contribution in [3.63, 3.8) is 0 Å². The SMILES string of the molecule is CCNC(c1cc(Cl)ccc1Cl)C1CCC1. The van der Waals surface area contributed by atoms with Crippen molar-refractivity contribution < 1.29 is 0 Å². The highest BCUT2D eigenvalue weighted by Gasteiger charge is 2.29. The van der Waals surface area contributed by atoms with Crippen LogP contribution in [-0.2, 0) is 0 Å². The number of hydrogen-bond donors (Lipinski definition) is 1. The second-order valence-corrected chi connectivity index (χ2v) is 5.24. The van der Waals surface area contributed by atoms with Crippen LogP contribution in [0.3, 0.4) is 0 Å². The molecule has 1 unspecified atom stereocenters. The van der Waals surface area contributed by atoms with E-state index in [9.17, 15) is 0 Å². The highest BCUT2D eigenvalue weighted by molar-refractivity contribution is 6.33. The number of benzene rings is 1. The lowest BCUT2D eigenvalue weighted by Gasteiger charge is -2.35. The van der Waals surface area contributed by atoms with Gasteiger partial charge in [0.1, 0.15) is 0 Å². The normalized spacial score (nSPS) is 18.2. The highest BCUT2D eigenvalue weighted by atomic mass is 35.5. The summed E-state index contributed by atoms with van der Waals surface area (Å²) in [4.78, 5) is 0. The van der Waals surface area contributed by atoms with Crippen LogP contribution in [0.5, 0.6) is 0 Å². The summed E-state index contributed by atoms with van der Waals surface area (Å²) in [5.41, 5.74) is 1.15. The van der Waals surface area contributed by atoms with Gasteiger partial charge >= 0.3 is 0 Å². The fourth-order valence-electron chi connectivity index (χ4n) is 2.28. The molecule has 1 nitrogen and oxygen atoms in total. The van der Waals surface area contributed by atoms with E-state index in [1.807, 2.05) is 18.2 Å². The van der Waals surface area contributed by atoms with Crippen LogP contribution in [0, 0.1) is 5.92 Å². The smallest absolute Gasteiger partial charge is 0.0454 e. The zero-order valence-corrected chi connectivity index (χ0v) is 11.0. The molecule has 0 spiro atoms. The summed E-state index contributed by atoms with van der Waals surface area (Å²) >= 11 is 12.3. The summed E-state index contributed by atoms with van der Waals surface area (Å²) in [5, 5.41) is 5.11. The third-order valence-electron chi connectivity index (χ3n) is 3.34. The van der Waals surface area contributed by atoms with E-state index >= 15 is 0 Å². The van der Waals surface area contributed by atoms with Gasteiger partial charge in [-0.1, -0.05) is 36.5 Å². The first-order valence-corrected chi connectivity index (χ1v) is 6.66. The molecule has 0 bridgehead atoms. The summed E-state index contributed by atoms with van der Waals surface area (Å²) in [7, 11) is 0. The predicted molar refractivity (Wildman–Crippen MR) is 70.2 cm³/mol. The zero-order chi connectivity index (χ0) is 11.5. The maximum absolute atomic E-state index is 6.25. The molecule has 1 N–H and O–H groups in total. The fourth-order valence-corrected chi connectivity index (χ4v) is 2.69. The Hall–Kier alpha value is -0.240. The van der Waals surface area contributed by atoms with Crippen molar-refractivity contribution >= 4 is 23.2 Å². The summed E-state index contributed by atoms with van der Waals surface area (Å²) in [6.45, 7) is 3.09. The van der Waals surface area contributed by atoms with E-state index in [-0.39, 0.29) is 0 Å². The van der Waals surface area contributed by atoms with Crippen LogP contribution < -0.4 is 5.32 Å². The van der Waals surface area contributed by atoms with Gasteiger partial charge in [0, 0.05) is 16.1 Å². The second kappa shape index (κ2) is 5.39. The maximum Gasteiger partial charge on any atom is 0.0454 e. The Morgan fingerprint density at radius 2 is 2.12 bits per heavy atom. The molecule has 0 aromatic heterocycles. The lowest BCUT2D eigenvalue weighted by Crippen LogP contribution is -2.32. The van der Waals surface area contributed by atoms with Gasteiger partial charge in [-0.25, -0.2) is 0 Å². The van der Waals surface area contributed by atoms with Crippen molar-refractivity contribution in [1.29, 1.82) is 0 Å². The molecule has 1 atom stereocenters. The molecule has 2 rings (SSSR count). The fraction of sp³-hybridized carbons (Fsp3) is 0.538. The van der Waals surface area contributed by atoms with E-state index in [1.165, 1.54) is 19.3 Å². The van der Waals surface area contributed by atoms with Crippen LogP contribution in [0.15, 0.2) is 18.2 Å². The van der Waals surface area contributed by atoms with Crippen LogP contribution in [0.1, 0.15) is 37.8 Å². The Balaban J connectivity index is 2.25. The molecular weight excluding hydrogens is 241 g/mol. The lowest BCUT2D eigenvalue weighted by molar-refractivity contribution is 0.233. The van der Waals surface area contributed by atoms with Gasteiger partial charge in [0.2, 0.25) is 0 Å². The minimum atomic E-state index is 0.366. The Morgan fingerprint density at radius 1 is 1.38 bits per heavy atom. The first kappa shape index (κ1) is 12.2. The maximum atomic E-state index is 6.25. The van der Waals surface area contributed by atoms with Gasteiger partial charge in [-0.2, -0.15) is 0 Å². The quantitative estimate of drug-likeness (QED) is 0.841. The molecule has 0 heterocycles. The zero-order valence-electron chi connectivity index (χ0n) is 9.47. The minimum Gasteiger partial charge on any atom is -0.310 e. The van der Waals surface area contributed by atoms with Crippen molar-refractivity contribution in [3.05, 3.63) is 33.8 Å². The summed E-state index contributed by atoms with van der Waals surface area (Å²) in [5.74, 6) is 0.718. The molecule has 0 amide bonds. The molecule has 0 saturated heterocycles. The highest BCUT2D eigenvalue weighted by Crippen LogP contribution is 2.40.